The minimum atomic E-state index is -5.06. The molecule has 10 nitrogen and oxygen atoms in total. The van der Waals surface area contributed by atoms with Crippen molar-refractivity contribution in [2.75, 3.05) is 17.6 Å². The van der Waals surface area contributed by atoms with Crippen LogP contribution in [-0.4, -0.2) is 68.5 Å². The van der Waals surface area contributed by atoms with Crippen molar-refractivity contribution in [3.8, 4) is 0 Å². The molecule has 0 unspecified atom stereocenters. The molecule has 2 fully saturated rings. The molecule has 3 aromatic rings. The molecule has 2 amide bonds. The second kappa shape index (κ2) is 14.2. The Kier molecular flexibility index (Phi) is 10.3. The predicted molar refractivity (Wildman–Crippen MR) is 161 cm³/mol. The van der Waals surface area contributed by atoms with Crippen molar-refractivity contribution in [2.45, 2.75) is 62.1 Å². The molecule has 5 rings (SSSR count). The van der Waals surface area contributed by atoms with Gasteiger partial charge in [0, 0.05) is 35.7 Å². The van der Waals surface area contributed by atoms with Crippen LogP contribution in [-0.2, 0) is 25.7 Å². The van der Waals surface area contributed by atoms with Crippen LogP contribution < -0.4 is 5.32 Å². The van der Waals surface area contributed by atoms with Crippen LogP contribution in [0.5, 0.6) is 0 Å². The summed E-state index contributed by atoms with van der Waals surface area (Å²) in [4.78, 5) is 41.1. The molecule has 46 heavy (non-hydrogen) atoms. The molecule has 5 atom stereocenters. The highest BCUT2D eigenvalue weighted by Crippen LogP contribution is 2.43. The van der Waals surface area contributed by atoms with Crippen molar-refractivity contribution in [3.63, 3.8) is 0 Å². The fraction of sp³-hybridized carbons (Fsp3) is 0.375. The number of alkyl halides is 3. The van der Waals surface area contributed by atoms with Crippen LogP contribution in [0, 0.1) is 5.92 Å². The third-order valence-corrected chi connectivity index (χ3v) is 9.11. The molecule has 0 radical (unpaired) electrons. The Balaban J connectivity index is 1.33. The van der Waals surface area contributed by atoms with E-state index < -0.39 is 48.5 Å². The van der Waals surface area contributed by atoms with Gasteiger partial charge in [0.15, 0.2) is 6.29 Å². The van der Waals surface area contributed by atoms with Crippen LogP contribution in [0.2, 0.25) is 0 Å². The SMILES string of the molecule is C[C@@H]1[C@H](CSc2ncccc2C(=O)O)O[C@H](c2ccc(NC(=O)[C@@H]3CCCN3C(=O)C(F)(F)F)cc2)O[C@@H]1c1ccc(CO)cc1. The van der Waals surface area contributed by atoms with E-state index in [1.807, 2.05) is 19.1 Å². The van der Waals surface area contributed by atoms with Gasteiger partial charge < -0.3 is 29.9 Å². The third kappa shape index (κ3) is 7.52. The van der Waals surface area contributed by atoms with Crippen molar-refractivity contribution in [2.24, 2.45) is 5.92 Å². The highest BCUT2D eigenvalue weighted by molar-refractivity contribution is 7.99. The number of aliphatic hydroxyl groups is 1. The molecule has 0 aliphatic carbocycles. The van der Waals surface area contributed by atoms with Gasteiger partial charge in [-0.3, -0.25) is 9.59 Å². The average molecular weight is 660 g/mol. The summed E-state index contributed by atoms with van der Waals surface area (Å²) in [5, 5.41) is 22.0. The molecule has 3 heterocycles. The summed E-state index contributed by atoms with van der Waals surface area (Å²) >= 11 is 1.26. The van der Waals surface area contributed by atoms with Gasteiger partial charge in [0.25, 0.3) is 0 Å². The summed E-state index contributed by atoms with van der Waals surface area (Å²) in [6.45, 7) is 1.71. The first-order valence-electron chi connectivity index (χ1n) is 14.6. The monoisotopic (exact) mass is 659 g/mol. The van der Waals surface area contributed by atoms with Gasteiger partial charge in [-0.05, 0) is 48.2 Å². The van der Waals surface area contributed by atoms with Gasteiger partial charge in [0.05, 0.1) is 24.4 Å². The van der Waals surface area contributed by atoms with E-state index in [9.17, 15) is 37.8 Å². The Morgan fingerprint density at radius 2 is 1.74 bits per heavy atom. The number of aliphatic hydroxyl groups excluding tert-OH is 1. The Morgan fingerprint density at radius 1 is 1.04 bits per heavy atom. The summed E-state index contributed by atoms with van der Waals surface area (Å²) in [5.74, 6) is -3.63. The zero-order valence-electron chi connectivity index (χ0n) is 24.6. The molecule has 2 aromatic carbocycles. The molecular weight excluding hydrogens is 627 g/mol. The molecular formula is C32H32F3N3O7S. The number of hydrogen-bond donors (Lipinski definition) is 3. The highest BCUT2D eigenvalue weighted by Gasteiger charge is 2.47. The van der Waals surface area contributed by atoms with Crippen LogP contribution in [0.4, 0.5) is 18.9 Å². The van der Waals surface area contributed by atoms with Crippen LogP contribution in [0.1, 0.15) is 59.2 Å². The molecule has 0 bridgehead atoms. The number of hydrogen-bond acceptors (Lipinski definition) is 8. The van der Waals surface area contributed by atoms with Crippen LogP contribution in [0.25, 0.3) is 0 Å². The Bertz CT molecular complexity index is 1560. The maximum Gasteiger partial charge on any atom is 0.471 e. The number of likely N-dealkylation sites (tertiary alicyclic amines) is 1. The number of ether oxygens (including phenoxy) is 2. The van der Waals surface area contributed by atoms with Gasteiger partial charge in [-0.15, -0.1) is 11.8 Å². The van der Waals surface area contributed by atoms with Crippen LogP contribution in [0.3, 0.4) is 0 Å². The number of amides is 2. The van der Waals surface area contributed by atoms with E-state index in [1.54, 1.807) is 42.5 Å². The minimum absolute atomic E-state index is 0.0843. The summed E-state index contributed by atoms with van der Waals surface area (Å²) in [5.41, 5.74) is 2.61. The summed E-state index contributed by atoms with van der Waals surface area (Å²) < 4.78 is 51.8. The first-order chi connectivity index (χ1) is 22.0. The smallest absolute Gasteiger partial charge is 0.471 e. The number of thioether (sulfide) groups is 1. The van der Waals surface area contributed by atoms with E-state index in [0.29, 0.717) is 26.9 Å². The fourth-order valence-electron chi connectivity index (χ4n) is 5.53. The lowest BCUT2D eigenvalue weighted by Crippen LogP contribution is -2.48. The number of carbonyl (C=O) groups excluding carboxylic acids is 2. The molecule has 2 aliphatic rings. The minimum Gasteiger partial charge on any atom is -0.478 e. The van der Waals surface area contributed by atoms with E-state index in [4.69, 9.17) is 9.47 Å². The number of halogens is 3. The van der Waals surface area contributed by atoms with Gasteiger partial charge in [0.2, 0.25) is 5.91 Å². The molecule has 0 saturated carbocycles. The van der Waals surface area contributed by atoms with Crippen molar-refractivity contribution in [3.05, 3.63) is 89.1 Å². The number of aromatic nitrogens is 1. The maximum absolute atomic E-state index is 13.0. The van der Waals surface area contributed by atoms with Gasteiger partial charge >= 0.3 is 18.1 Å². The van der Waals surface area contributed by atoms with Crippen LogP contribution >= 0.6 is 11.8 Å². The van der Waals surface area contributed by atoms with Crippen LogP contribution in [0.15, 0.2) is 71.9 Å². The second-order valence-electron chi connectivity index (χ2n) is 11.1. The lowest BCUT2D eigenvalue weighted by atomic mass is 9.91. The number of pyridine rings is 1. The second-order valence-corrected chi connectivity index (χ2v) is 12.1. The Labute approximate surface area is 266 Å². The van der Waals surface area contributed by atoms with Gasteiger partial charge in [0.1, 0.15) is 11.1 Å². The van der Waals surface area contributed by atoms with E-state index in [-0.39, 0.29) is 37.5 Å². The quantitative estimate of drug-likeness (QED) is 0.260. The van der Waals surface area contributed by atoms with Crippen molar-refractivity contribution in [1.29, 1.82) is 0 Å². The van der Waals surface area contributed by atoms with E-state index >= 15 is 0 Å². The highest BCUT2D eigenvalue weighted by atomic mass is 32.2. The lowest BCUT2D eigenvalue weighted by molar-refractivity contribution is -0.268. The number of carbonyl (C=O) groups is 3. The zero-order valence-corrected chi connectivity index (χ0v) is 25.5. The fourth-order valence-corrected chi connectivity index (χ4v) is 6.68. The Morgan fingerprint density at radius 3 is 2.39 bits per heavy atom. The largest absolute Gasteiger partial charge is 0.478 e. The molecule has 2 saturated heterocycles. The van der Waals surface area contributed by atoms with Crippen molar-refractivity contribution >= 4 is 35.2 Å². The average Bonchev–Trinajstić information content (AvgIpc) is 3.54. The predicted octanol–water partition coefficient (Wildman–Crippen LogP) is 5.35. The molecule has 244 valence electrons. The zero-order chi connectivity index (χ0) is 33.0. The van der Waals surface area contributed by atoms with Crippen molar-refractivity contribution in [1.82, 2.24) is 9.88 Å². The van der Waals surface area contributed by atoms with E-state index in [0.717, 1.165) is 11.1 Å². The molecule has 3 N–H and O–H groups in total. The number of nitrogens with one attached hydrogen (secondary N) is 1. The number of carboxylic acid groups (broad SMARTS) is 1. The van der Waals surface area contributed by atoms with Gasteiger partial charge in [-0.25, -0.2) is 9.78 Å². The lowest BCUT2D eigenvalue weighted by Gasteiger charge is -2.41. The molecule has 0 spiro atoms. The van der Waals surface area contributed by atoms with Gasteiger partial charge in [-0.2, -0.15) is 13.2 Å². The first kappa shape index (κ1) is 33.4. The number of rotatable bonds is 9. The number of aromatic carboxylic acids is 1. The molecule has 1 aromatic heterocycles. The van der Waals surface area contributed by atoms with Gasteiger partial charge in [-0.1, -0.05) is 43.3 Å². The number of benzene rings is 2. The normalized spacial score (nSPS) is 23.2. The maximum atomic E-state index is 13.0. The van der Waals surface area contributed by atoms with Crippen molar-refractivity contribution < 1.29 is 47.2 Å². The number of anilines is 1. The topological polar surface area (TPSA) is 138 Å². The summed E-state index contributed by atoms with van der Waals surface area (Å²) in [6.07, 6.45) is -4.82. The number of nitrogens with zero attached hydrogens (tertiary/aromatic N) is 2. The summed E-state index contributed by atoms with van der Waals surface area (Å²) in [7, 11) is 0. The Hall–Kier alpha value is -3.98. The molecule has 2 aliphatic heterocycles. The molecule has 14 heteroatoms. The van der Waals surface area contributed by atoms with E-state index in [1.165, 1.54) is 24.0 Å². The number of carboxylic acids is 1. The van der Waals surface area contributed by atoms with E-state index in [2.05, 4.69) is 10.3 Å². The standard InChI is InChI=1S/C32H32F3N3O7S/c1-18-25(17-46-28-23(29(41)42)4-2-14-36-28)44-30(45-26(18)20-8-6-19(16-39)7-9-20)21-10-12-22(13-11-21)37-27(40)24-5-3-15-38(24)31(43)32(33,34)35/h2,4,6-14,18,24-26,30,39H,3,5,15-17H2,1H3,(H,37,40)(H,41,42)/t18-,24+,25+,26+,30+/m1/s1. The summed E-state index contributed by atoms with van der Waals surface area (Å²) in [6, 6.07) is 15.6. The first-order valence-corrected chi connectivity index (χ1v) is 15.5. The third-order valence-electron chi connectivity index (χ3n) is 8.02.